The lowest BCUT2D eigenvalue weighted by atomic mass is 10.0. The van der Waals surface area contributed by atoms with Crippen molar-refractivity contribution in [2.45, 2.75) is 31.8 Å². The summed E-state index contributed by atoms with van der Waals surface area (Å²) in [5, 5.41) is 2.97. The second kappa shape index (κ2) is 8.65. The molecule has 5 nitrogen and oxygen atoms in total. The van der Waals surface area contributed by atoms with Crippen LogP contribution in [0.15, 0.2) is 54.6 Å². The van der Waals surface area contributed by atoms with E-state index in [4.69, 9.17) is 4.74 Å². The van der Waals surface area contributed by atoms with Crippen LogP contribution in [0, 0.1) is 6.92 Å². The summed E-state index contributed by atoms with van der Waals surface area (Å²) in [6.45, 7) is 3.24. The second-order valence-corrected chi connectivity index (χ2v) is 6.35. The highest BCUT2D eigenvalue weighted by Crippen LogP contribution is 2.21. The van der Waals surface area contributed by atoms with E-state index in [0.717, 1.165) is 18.6 Å². The zero-order valence-corrected chi connectivity index (χ0v) is 14.5. The molecule has 25 heavy (non-hydrogen) atoms. The van der Waals surface area contributed by atoms with Gasteiger partial charge < -0.3 is 10.1 Å². The van der Waals surface area contributed by atoms with E-state index in [0.29, 0.717) is 13.2 Å². The zero-order valence-electron chi connectivity index (χ0n) is 14.5. The molecule has 0 radical (unpaired) electrons. The molecule has 1 aliphatic rings. The van der Waals surface area contributed by atoms with Crippen LogP contribution in [0.4, 0.5) is 0 Å². The van der Waals surface area contributed by atoms with Crippen molar-refractivity contribution >= 4 is 5.91 Å². The van der Waals surface area contributed by atoms with E-state index >= 15 is 0 Å². The van der Waals surface area contributed by atoms with Crippen LogP contribution in [-0.2, 0) is 4.79 Å². The maximum atomic E-state index is 12.2. The fourth-order valence-electron chi connectivity index (χ4n) is 2.93. The summed E-state index contributed by atoms with van der Waals surface area (Å²) in [5.74, 6) is 0.903. The number of hydrogen-bond acceptors (Lipinski definition) is 4. The minimum absolute atomic E-state index is 0.0292. The Hall–Kier alpha value is -2.37. The van der Waals surface area contributed by atoms with Gasteiger partial charge in [-0.3, -0.25) is 4.79 Å². The van der Waals surface area contributed by atoms with Crippen molar-refractivity contribution in [1.82, 2.24) is 16.2 Å². The molecule has 0 spiro atoms. The summed E-state index contributed by atoms with van der Waals surface area (Å²) in [5.41, 5.74) is 8.65. The molecule has 3 rings (SSSR count). The predicted molar refractivity (Wildman–Crippen MR) is 98.2 cm³/mol. The van der Waals surface area contributed by atoms with Gasteiger partial charge in [-0.25, -0.2) is 10.9 Å². The van der Waals surface area contributed by atoms with Crippen LogP contribution in [0.5, 0.6) is 5.75 Å². The van der Waals surface area contributed by atoms with Gasteiger partial charge in [0.05, 0.1) is 6.61 Å². The Kier molecular flexibility index (Phi) is 6.04. The minimum Gasteiger partial charge on any atom is -0.494 e. The van der Waals surface area contributed by atoms with E-state index in [1.165, 1.54) is 11.1 Å². The third kappa shape index (κ3) is 5.05. The fourth-order valence-corrected chi connectivity index (χ4v) is 2.93. The van der Waals surface area contributed by atoms with E-state index in [1.54, 1.807) is 0 Å². The summed E-state index contributed by atoms with van der Waals surface area (Å²) in [6, 6.07) is 18.1. The molecule has 2 aromatic carbocycles. The molecule has 2 unspecified atom stereocenters. The second-order valence-electron chi connectivity index (χ2n) is 6.35. The van der Waals surface area contributed by atoms with Crippen molar-refractivity contribution in [1.29, 1.82) is 0 Å². The van der Waals surface area contributed by atoms with Crippen LogP contribution < -0.4 is 20.9 Å². The number of nitrogens with one attached hydrogen (secondary N) is 3. The largest absolute Gasteiger partial charge is 0.494 e. The van der Waals surface area contributed by atoms with E-state index < -0.39 is 0 Å². The van der Waals surface area contributed by atoms with Crippen molar-refractivity contribution in [2.75, 3.05) is 13.2 Å². The molecule has 0 saturated carbocycles. The third-order valence-electron chi connectivity index (χ3n) is 4.30. The number of rotatable bonds is 7. The lowest BCUT2D eigenvalue weighted by Gasteiger charge is -2.11. The third-order valence-corrected chi connectivity index (χ3v) is 4.30. The molecule has 0 bridgehead atoms. The Labute approximate surface area is 148 Å². The van der Waals surface area contributed by atoms with Gasteiger partial charge in [0.25, 0.3) is 0 Å². The molecule has 5 heteroatoms. The van der Waals surface area contributed by atoms with E-state index in [-0.39, 0.29) is 18.0 Å². The van der Waals surface area contributed by atoms with Gasteiger partial charge in [0, 0.05) is 12.6 Å². The standard InChI is InChI=1S/C20H25N3O2/c1-15-7-5-10-17(13-15)25-12-6-11-21-20(24)19-14-18(22-23-19)16-8-3-2-4-9-16/h2-5,7-10,13,18-19,22-23H,6,11-12,14H2,1H3,(H,21,24). The molecule has 2 atom stereocenters. The molecule has 2 aromatic rings. The minimum atomic E-state index is -0.206. The number of ether oxygens (including phenoxy) is 1. The Morgan fingerprint density at radius 2 is 2.00 bits per heavy atom. The predicted octanol–water partition coefficient (Wildman–Crippen LogP) is 2.49. The van der Waals surface area contributed by atoms with Crippen LogP contribution in [-0.4, -0.2) is 25.1 Å². The van der Waals surface area contributed by atoms with E-state index in [1.807, 2.05) is 49.4 Å². The molecular formula is C20H25N3O2. The number of aryl methyl sites for hydroxylation is 1. The first-order valence-electron chi connectivity index (χ1n) is 8.75. The zero-order chi connectivity index (χ0) is 17.5. The highest BCUT2D eigenvalue weighted by molar-refractivity contribution is 5.82. The molecule has 0 aromatic heterocycles. The molecule has 1 amide bonds. The Bertz CT molecular complexity index is 690. The van der Waals surface area contributed by atoms with Gasteiger partial charge in [-0.2, -0.15) is 0 Å². The molecular weight excluding hydrogens is 314 g/mol. The summed E-state index contributed by atoms with van der Waals surface area (Å²) < 4.78 is 5.69. The Balaban J connectivity index is 1.34. The highest BCUT2D eigenvalue weighted by atomic mass is 16.5. The first-order chi connectivity index (χ1) is 12.2. The normalized spacial score (nSPS) is 19.6. The average molecular weight is 339 g/mol. The van der Waals surface area contributed by atoms with Gasteiger partial charge in [-0.15, -0.1) is 0 Å². The number of hydrogen-bond donors (Lipinski definition) is 3. The maximum Gasteiger partial charge on any atom is 0.238 e. The number of amides is 1. The highest BCUT2D eigenvalue weighted by Gasteiger charge is 2.29. The van der Waals surface area contributed by atoms with Crippen LogP contribution in [0.2, 0.25) is 0 Å². The van der Waals surface area contributed by atoms with E-state index in [2.05, 4.69) is 28.3 Å². The monoisotopic (exact) mass is 339 g/mol. The van der Waals surface area contributed by atoms with Crippen molar-refractivity contribution in [3.63, 3.8) is 0 Å². The van der Waals surface area contributed by atoms with Crippen LogP contribution in [0.25, 0.3) is 0 Å². The number of hydrazine groups is 1. The molecule has 1 aliphatic heterocycles. The topological polar surface area (TPSA) is 62.4 Å². The van der Waals surface area contributed by atoms with Gasteiger partial charge >= 0.3 is 0 Å². The van der Waals surface area contributed by atoms with Gasteiger partial charge in [0.1, 0.15) is 11.8 Å². The lowest BCUT2D eigenvalue weighted by Crippen LogP contribution is -2.43. The van der Waals surface area contributed by atoms with Crippen LogP contribution >= 0.6 is 0 Å². The molecule has 1 heterocycles. The quantitative estimate of drug-likeness (QED) is 0.678. The summed E-state index contributed by atoms with van der Waals surface area (Å²) in [4.78, 5) is 12.2. The van der Waals surface area contributed by atoms with Crippen molar-refractivity contribution in [2.24, 2.45) is 0 Å². The van der Waals surface area contributed by atoms with Gasteiger partial charge in [-0.1, -0.05) is 42.5 Å². The number of benzene rings is 2. The number of carbonyl (C=O) groups excluding carboxylic acids is 1. The first-order valence-corrected chi connectivity index (χ1v) is 8.75. The number of carbonyl (C=O) groups is 1. The fraction of sp³-hybridized carbons (Fsp3) is 0.350. The smallest absolute Gasteiger partial charge is 0.238 e. The molecule has 132 valence electrons. The molecule has 1 fully saturated rings. The van der Waals surface area contributed by atoms with Crippen LogP contribution in [0.3, 0.4) is 0 Å². The lowest BCUT2D eigenvalue weighted by molar-refractivity contribution is -0.122. The Morgan fingerprint density at radius 3 is 2.80 bits per heavy atom. The first kappa shape index (κ1) is 17.5. The van der Waals surface area contributed by atoms with Crippen LogP contribution in [0.1, 0.15) is 30.0 Å². The summed E-state index contributed by atoms with van der Waals surface area (Å²) >= 11 is 0. The Morgan fingerprint density at radius 1 is 1.16 bits per heavy atom. The van der Waals surface area contributed by atoms with E-state index in [9.17, 15) is 4.79 Å². The van der Waals surface area contributed by atoms with Crippen molar-refractivity contribution in [3.05, 3.63) is 65.7 Å². The van der Waals surface area contributed by atoms with Crippen molar-refractivity contribution < 1.29 is 9.53 Å². The summed E-state index contributed by atoms with van der Waals surface area (Å²) in [7, 11) is 0. The molecule has 0 aliphatic carbocycles. The maximum absolute atomic E-state index is 12.2. The van der Waals surface area contributed by atoms with Gasteiger partial charge in [0.2, 0.25) is 5.91 Å². The SMILES string of the molecule is Cc1cccc(OCCCNC(=O)C2CC(c3ccccc3)NN2)c1. The van der Waals surface area contributed by atoms with Crippen molar-refractivity contribution in [3.8, 4) is 5.75 Å². The molecule has 3 N–H and O–H groups in total. The van der Waals surface area contributed by atoms with Gasteiger partial charge in [-0.05, 0) is 43.0 Å². The average Bonchev–Trinajstić information content (AvgIpc) is 3.12. The van der Waals surface area contributed by atoms with Gasteiger partial charge in [0.15, 0.2) is 0 Å². The molecule has 1 saturated heterocycles. The summed E-state index contributed by atoms with van der Waals surface area (Å²) in [6.07, 6.45) is 1.53.